The molecule has 0 bridgehead atoms. The van der Waals surface area contributed by atoms with Crippen LogP contribution < -0.4 is 0 Å². The maximum atomic E-state index is 10.8. The number of nitrogens with zero attached hydrogens (tertiary/aromatic N) is 1. The van der Waals surface area contributed by atoms with Crippen LogP contribution in [0.2, 0.25) is 0 Å². The minimum Gasteiger partial charge on any atom is -0.301 e. The van der Waals surface area contributed by atoms with Gasteiger partial charge in [0.15, 0.2) is 0 Å². The Morgan fingerprint density at radius 2 is 1.29 bits per heavy atom. The molecule has 0 aromatic rings. The molecule has 0 radical (unpaired) electrons. The van der Waals surface area contributed by atoms with Crippen molar-refractivity contribution >= 4 is 20.8 Å². The molecule has 0 rings (SSSR count). The summed E-state index contributed by atoms with van der Waals surface area (Å²) in [6.07, 6.45) is 12.2. The molecule has 0 saturated heterocycles. The molecule has 0 aromatic heterocycles. The van der Waals surface area contributed by atoms with Crippen LogP contribution in [0.25, 0.3) is 0 Å². The molecule has 0 amide bonds. The summed E-state index contributed by atoms with van der Waals surface area (Å²) in [6.45, 7) is 3.40. The monoisotopic (exact) mass is 385 g/mol. The fourth-order valence-electron chi connectivity index (χ4n) is 2.63. The molecular weight excluding hydrogens is 350 g/mol. The lowest BCUT2D eigenvalue weighted by Crippen LogP contribution is -2.33. The lowest BCUT2D eigenvalue weighted by Gasteiger charge is -2.20. The van der Waals surface area contributed by atoms with E-state index < -0.39 is 20.8 Å². The highest BCUT2D eigenvalue weighted by Crippen LogP contribution is 2.10. The van der Waals surface area contributed by atoms with Gasteiger partial charge in [-0.3, -0.25) is 4.55 Å². The zero-order valence-electron chi connectivity index (χ0n) is 15.0. The number of rotatable bonds is 17. The third-order valence-corrected chi connectivity index (χ3v) is 5.36. The van der Waals surface area contributed by atoms with Crippen molar-refractivity contribution in [1.82, 2.24) is 4.90 Å². The van der Waals surface area contributed by atoms with E-state index in [1.165, 1.54) is 44.9 Å². The Kier molecular flexibility index (Phi) is 15.0. The Balaban J connectivity index is 3.76. The summed E-state index contributed by atoms with van der Waals surface area (Å²) in [5.74, 6) is -0.320. The van der Waals surface area contributed by atoms with Gasteiger partial charge >= 0.3 is 0 Å². The standard InChI is InChI=1S/C16H35NO5S2/c1-2-3-4-5-6-7-8-9-10-11-12-17(13-15-23(18)19)14-16-24(20,21)22/h23H,2-16H2,1H3,(H,20,21,22). The molecule has 0 heterocycles. The first-order chi connectivity index (χ1) is 11.3. The minimum atomic E-state index is -4.00. The largest absolute Gasteiger partial charge is 0.301 e. The van der Waals surface area contributed by atoms with Crippen LogP contribution >= 0.6 is 0 Å². The second kappa shape index (κ2) is 15.1. The average Bonchev–Trinajstić information content (AvgIpc) is 2.49. The molecule has 0 unspecified atom stereocenters. The zero-order valence-corrected chi connectivity index (χ0v) is 16.7. The molecule has 0 spiro atoms. The van der Waals surface area contributed by atoms with Crippen molar-refractivity contribution in [3.63, 3.8) is 0 Å². The van der Waals surface area contributed by atoms with Crippen molar-refractivity contribution in [3.8, 4) is 0 Å². The quantitative estimate of drug-likeness (QED) is 0.227. The van der Waals surface area contributed by atoms with Gasteiger partial charge in [0.1, 0.15) is 10.7 Å². The molecule has 146 valence electrons. The van der Waals surface area contributed by atoms with Crippen molar-refractivity contribution < 1.29 is 21.4 Å². The molecule has 0 atom stereocenters. The van der Waals surface area contributed by atoms with Crippen LogP contribution in [0, 0.1) is 0 Å². The predicted octanol–water partition coefficient (Wildman–Crippen LogP) is 2.71. The summed E-state index contributed by atoms with van der Waals surface area (Å²) >= 11 is 0. The molecule has 0 aliphatic heterocycles. The first kappa shape index (κ1) is 23.8. The van der Waals surface area contributed by atoms with Crippen molar-refractivity contribution in [1.29, 1.82) is 0 Å². The Labute approximate surface area is 149 Å². The van der Waals surface area contributed by atoms with Crippen molar-refractivity contribution in [2.45, 2.75) is 71.1 Å². The van der Waals surface area contributed by atoms with Crippen molar-refractivity contribution in [2.75, 3.05) is 31.1 Å². The number of hydrogen-bond donors (Lipinski definition) is 2. The number of hydrogen-bond acceptors (Lipinski definition) is 5. The molecule has 0 saturated carbocycles. The number of thiol groups is 1. The Morgan fingerprint density at radius 3 is 1.75 bits per heavy atom. The van der Waals surface area contributed by atoms with Gasteiger partial charge in [0.05, 0.1) is 11.5 Å². The minimum absolute atomic E-state index is 0.0264. The molecule has 24 heavy (non-hydrogen) atoms. The second-order valence-electron chi connectivity index (χ2n) is 6.37. The van der Waals surface area contributed by atoms with E-state index >= 15 is 0 Å². The lowest BCUT2D eigenvalue weighted by atomic mass is 10.1. The maximum Gasteiger partial charge on any atom is 0.266 e. The fraction of sp³-hybridized carbons (Fsp3) is 1.00. The summed E-state index contributed by atoms with van der Waals surface area (Å²) < 4.78 is 51.8. The third kappa shape index (κ3) is 18.2. The van der Waals surface area contributed by atoms with E-state index in [1.54, 1.807) is 0 Å². The summed E-state index contributed by atoms with van der Waals surface area (Å²) in [5.41, 5.74) is 0. The highest BCUT2D eigenvalue weighted by atomic mass is 32.2. The summed E-state index contributed by atoms with van der Waals surface area (Å²) in [4.78, 5) is 1.81. The van der Waals surface area contributed by atoms with Crippen LogP contribution in [0.15, 0.2) is 0 Å². The SMILES string of the molecule is CCCCCCCCCCCCN(CC[SH](=O)=O)CCS(=O)(=O)O. The van der Waals surface area contributed by atoms with Gasteiger partial charge in [0.25, 0.3) is 10.1 Å². The van der Waals surface area contributed by atoms with E-state index in [0.29, 0.717) is 13.1 Å². The van der Waals surface area contributed by atoms with E-state index in [2.05, 4.69) is 6.92 Å². The predicted molar refractivity (Wildman–Crippen MR) is 99.9 cm³/mol. The van der Waals surface area contributed by atoms with Gasteiger partial charge in [0.2, 0.25) is 0 Å². The molecular formula is C16H35NO5S2. The summed E-state index contributed by atoms with van der Waals surface area (Å²) in [7, 11) is -6.46. The zero-order chi connectivity index (χ0) is 18.3. The Hall–Kier alpha value is -0.180. The number of unbranched alkanes of at least 4 members (excludes halogenated alkanes) is 9. The van der Waals surface area contributed by atoms with Crippen molar-refractivity contribution in [3.05, 3.63) is 0 Å². The van der Waals surface area contributed by atoms with Gasteiger partial charge in [-0.2, -0.15) is 8.42 Å². The van der Waals surface area contributed by atoms with E-state index in [9.17, 15) is 16.8 Å². The molecule has 0 aliphatic carbocycles. The Morgan fingerprint density at radius 1 is 0.792 bits per heavy atom. The van der Waals surface area contributed by atoms with E-state index in [4.69, 9.17) is 4.55 Å². The van der Waals surface area contributed by atoms with Gasteiger partial charge in [0, 0.05) is 13.1 Å². The third-order valence-electron chi connectivity index (χ3n) is 4.09. The van der Waals surface area contributed by atoms with Gasteiger partial charge in [-0.1, -0.05) is 64.7 Å². The first-order valence-electron chi connectivity index (χ1n) is 9.14. The molecule has 0 fully saturated rings. The summed E-state index contributed by atoms with van der Waals surface area (Å²) in [5, 5.41) is 0. The fourth-order valence-corrected chi connectivity index (χ4v) is 3.56. The highest BCUT2D eigenvalue weighted by Gasteiger charge is 2.10. The van der Waals surface area contributed by atoms with Gasteiger partial charge in [-0.05, 0) is 13.0 Å². The van der Waals surface area contributed by atoms with Crippen LogP contribution in [0.1, 0.15) is 71.1 Å². The van der Waals surface area contributed by atoms with Crippen LogP contribution in [0.5, 0.6) is 0 Å². The average molecular weight is 386 g/mol. The maximum absolute atomic E-state index is 10.8. The lowest BCUT2D eigenvalue weighted by molar-refractivity contribution is 0.294. The summed E-state index contributed by atoms with van der Waals surface area (Å²) in [6, 6.07) is 0. The normalized spacial score (nSPS) is 12.3. The van der Waals surface area contributed by atoms with Crippen LogP contribution in [0.4, 0.5) is 0 Å². The van der Waals surface area contributed by atoms with E-state index in [-0.39, 0.29) is 18.1 Å². The molecule has 1 N–H and O–H groups in total. The smallest absolute Gasteiger partial charge is 0.266 e. The highest BCUT2D eigenvalue weighted by molar-refractivity contribution is 7.85. The van der Waals surface area contributed by atoms with Gasteiger partial charge in [-0.15, -0.1) is 0 Å². The van der Waals surface area contributed by atoms with Crippen molar-refractivity contribution in [2.24, 2.45) is 0 Å². The topological polar surface area (TPSA) is 91.8 Å². The molecule has 8 heteroatoms. The molecule has 0 aliphatic rings. The van der Waals surface area contributed by atoms with Crippen LogP contribution in [0.3, 0.4) is 0 Å². The van der Waals surface area contributed by atoms with Crippen LogP contribution in [-0.2, 0) is 20.8 Å². The Bertz CT molecular complexity index is 455. The van der Waals surface area contributed by atoms with Gasteiger partial charge < -0.3 is 4.90 Å². The first-order valence-corrected chi connectivity index (χ1v) is 12.1. The van der Waals surface area contributed by atoms with Gasteiger partial charge in [-0.25, -0.2) is 8.42 Å². The van der Waals surface area contributed by atoms with E-state index in [0.717, 1.165) is 19.3 Å². The van der Waals surface area contributed by atoms with E-state index in [1.807, 2.05) is 4.90 Å². The van der Waals surface area contributed by atoms with Crippen LogP contribution in [-0.4, -0.2) is 57.4 Å². The second-order valence-corrected chi connectivity index (χ2v) is 9.05. The molecule has 6 nitrogen and oxygen atoms in total. The molecule has 0 aromatic carbocycles.